The molecule has 2 amide bonds. The van der Waals surface area contributed by atoms with Crippen LogP contribution in [-0.2, 0) is 11.2 Å². The molecule has 1 aliphatic heterocycles. The molecule has 3 rings (SSSR count). The van der Waals surface area contributed by atoms with Gasteiger partial charge in [-0.2, -0.15) is 0 Å². The predicted molar refractivity (Wildman–Crippen MR) is 90.1 cm³/mol. The quantitative estimate of drug-likeness (QED) is 0.885. The molecule has 124 valence electrons. The minimum Gasteiger partial charge on any atom is -0.477 e. The van der Waals surface area contributed by atoms with Crippen molar-refractivity contribution in [1.29, 1.82) is 0 Å². The number of carbonyl (C=O) groups excluding carboxylic acids is 2. The minimum atomic E-state index is -0.242. The van der Waals surface area contributed by atoms with Crippen molar-refractivity contribution in [3.8, 4) is 5.88 Å². The van der Waals surface area contributed by atoms with Gasteiger partial charge in [0, 0.05) is 11.9 Å². The average molecular weight is 325 g/mol. The van der Waals surface area contributed by atoms with Gasteiger partial charge in [-0.15, -0.1) is 0 Å². The number of aromatic nitrogens is 1. The Balaban J connectivity index is 1.75. The summed E-state index contributed by atoms with van der Waals surface area (Å²) in [5.74, 6) is 0.0813. The Bertz CT molecular complexity index is 789. The molecule has 0 saturated heterocycles. The van der Waals surface area contributed by atoms with Gasteiger partial charge in [0.15, 0.2) is 0 Å². The molecule has 1 aromatic heterocycles. The first kappa shape index (κ1) is 16.0. The number of anilines is 1. The number of amides is 2. The van der Waals surface area contributed by atoms with Crippen LogP contribution in [0.25, 0.3) is 0 Å². The molecular formula is C18H19N3O3. The van der Waals surface area contributed by atoms with Gasteiger partial charge in [0.1, 0.15) is 5.56 Å². The zero-order valence-electron chi connectivity index (χ0n) is 13.6. The van der Waals surface area contributed by atoms with Crippen molar-refractivity contribution in [2.45, 2.75) is 26.3 Å². The smallest absolute Gasteiger partial charge is 0.257 e. The lowest BCUT2D eigenvalue weighted by Crippen LogP contribution is -2.27. The van der Waals surface area contributed by atoms with E-state index in [2.05, 4.69) is 15.6 Å². The molecule has 0 unspecified atom stereocenters. The molecule has 2 aromatic rings. The van der Waals surface area contributed by atoms with Gasteiger partial charge in [-0.05, 0) is 43.2 Å². The standard InChI is InChI=1S/C18H19N3O3/c1-3-24-18-14(5-4-8-19-18)17(23)20-11(2)12-6-7-15-13(9-12)10-16(22)21-15/h4-9,11H,3,10H2,1-2H3,(H,20,23)(H,21,22)/t11-/m0/s1. The number of carbonyl (C=O) groups is 2. The third kappa shape index (κ3) is 3.22. The van der Waals surface area contributed by atoms with Crippen molar-refractivity contribution in [2.24, 2.45) is 0 Å². The predicted octanol–water partition coefficient (Wildman–Crippen LogP) is 2.47. The number of nitrogens with one attached hydrogen (secondary N) is 2. The summed E-state index contributed by atoms with van der Waals surface area (Å²) in [4.78, 5) is 28.0. The molecule has 2 N–H and O–H groups in total. The van der Waals surface area contributed by atoms with E-state index in [0.717, 1.165) is 16.8 Å². The second kappa shape index (κ2) is 6.70. The highest BCUT2D eigenvalue weighted by molar-refractivity contribution is 5.99. The Morgan fingerprint density at radius 3 is 3.04 bits per heavy atom. The normalized spacial score (nSPS) is 13.8. The van der Waals surface area contributed by atoms with E-state index in [1.165, 1.54) is 0 Å². The topological polar surface area (TPSA) is 80.3 Å². The Hall–Kier alpha value is -2.89. The Morgan fingerprint density at radius 1 is 1.42 bits per heavy atom. The SMILES string of the molecule is CCOc1ncccc1C(=O)N[C@@H](C)c1ccc2c(c1)CC(=O)N2. The fourth-order valence-corrected chi connectivity index (χ4v) is 2.69. The van der Waals surface area contributed by atoms with Crippen LogP contribution in [0.3, 0.4) is 0 Å². The maximum Gasteiger partial charge on any atom is 0.257 e. The molecule has 0 saturated carbocycles. The molecule has 6 nitrogen and oxygen atoms in total. The molecule has 1 aromatic carbocycles. The van der Waals surface area contributed by atoms with Gasteiger partial charge in [-0.1, -0.05) is 12.1 Å². The number of hydrogen-bond donors (Lipinski definition) is 2. The van der Waals surface area contributed by atoms with E-state index >= 15 is 0 Å². The van der Waals surface area contributed by atoms with Crippen molar-refractivity contribution in [3.63, 3.8) is 0 Å². The lowest BCUT2D eigenvalue weighted by atomic mass is 10.0. The second-order valence-corrected chi connectivity index (χ2v) is 5.63. The minimum absolute atomic E-state index is 0.00412. The van der Waals surface area contributed by atoms with Crippen molar-refractivity contribution in [3.05, 3.63) is 53.2 Å². The number of nitrogens with zero attached hydrogens (tertiary/aromatic N) is 1. The van der Waals surface area contributed by atoms with Gasteiger partial charge in [-0.3, -0.25) is 9.59 Å². The third-order valence-electron chi connectivity index (χ3n) is 3.90. The van der Waals surface area contributed by atoms with Crippen molar-refractivity contribution in [1.82, 2.24) is 10.3 Å². The van der Waals surface area contributed by atoms with Crippen LogP contribution < -0.4 is 15.4 Å². The molecule has 0 bridgehead atoms. The Morgan fingerprint density at radius 2 is 2.25 bits per heavy atom. The molecule has 0 radical (unpaired) electrons. The highest BCUT2D eigenvalue weighted by Gasteiger charge is 2.20. The highest BCUT2D eigenvalue weighted by atomic mass is 16.5. The highest BCUT2D eigenvalue weighted by Crippen LogP contribution is 2.26. The van der Waals surface area contributed by atoms with Gasteiger partial charge in [-0.25, -0.2) is 4.98 Å². The zero-order valence-corrected chi connectivity index (χ0v) is 13.6. The molecule has 0 aliphatic carbocycles. The number of rotatable bonds is 5. The van der Waals surface area contributed by atoms with E-state index in [4.69, 9.17) is 4.74 Å². The van der Waals surface area contributed by atoms with Crippen LogP contribution in [-0.4, -0.2) is 23.4 Å². The summed E-state index contributed by atoms with van der Waals surface area (Å²) in [6.07, 6.45) is 1.97. The third-order valence-corrected chi connectivity index (χ3v) is 3.90. The van der Waals surface area contributed by atoms with Crippen LogP contribution in [0.4, 0.5) is 5.69 Å². The number of ether oxygens (including phenoxy) is 1. The second-order valence-electron chi connectivity index (χ2n) is 5.63. The summed E-state index contributed by atoms with van der Waals surface area (Å²) in [6, 6.07) is 8.91. The van der Waals surface area contributed by atoms with E-state index in [9.17, 15) is 9.59 Å². The largest absolute Gasteiger partial charge is 0.477 e. The first-order chi connectivity index (χ1) is 11.6. The van der Waals surface area contributed by atoms with Crippen LogP contribution in [0.2, 0.25) is 0 Å². The Kier molecular flexibility index (Phi) is 4.46. The van der Waals surface area contributed by atoms with Gasteiger partial charge in [0.25, 0.3) is 5.91 Å². The number of benzene rings is 1. The van der Waals surface area contributed by atoms with Crippen molar-refractivity contribution in [2.75, 3.05) is 11.9 Å². The molecular weight excluding hydrogens is 306 g/mol. The molecule has 0 fully saturated rings. The van der Waals surface area contributed by atoms with E-state index < -0.39 is 0 Å². The molecule has 24 heavy (non-hydrogen) atoms. The van der Waals surface area contributed by atoms with E-state index in [-0.39, 0.29) is 17.9 Å². The number of pyridine rings is 1. The van der Waals surface area contributed by atoms with Crippen LogP contribution in [0, 0.1) is 0 Å². The van der Waals surface area contributed by atoms with Gasteiger partial charge < -0.3 is 15.4 Å². The van der Waals surface area contributed by atoms with Gasteiger partial charge in [0.05, 0.1) is 19.1 Å². The monoisotopic (exact) mass is 325 g/mol. The lowest BCUT2D eigenvalue weighted by Gasteiger charge is -2.16. The lowest BCUT2D eigenvalue weighted by molar-refractivity contribution is -0.115. The molecule has 0 spiro atoms. The fraction of sp³-hybridized carbons (Fsp3) is 0.278. The maximum absolute atomic E-state index is 12.5. The van der Waals surface area contributed by atoms with E-state index in [0.29, 0.717) is 24.5 Å². The van der Waals surface area contributed by atoms with Crippen molar-refractivity contribution >= 4 is 17.5 Å². The number of hydrogen-bond acceptors (Lipinski definition) is 4. The summed E-state index contributed by atoms with van der Waals surface area (Å²) in [7, 11) is 0. The maximum atomic E-state index is 12.5. The van der Waals surface area contributed by atoms with Crippen LogP contribution in [0.5, 0.6) is 5.88 Å². The van der Waals surface area contributed by atoms with Crippen molar-refractivity contribution < 1.29 is 14.3 Å². The summed E-state index contributed by atoms with van der Waals surface area (Å²) in [6.45, 7) is 4.19. The first-order valence-corrected chi connectivity index (χ1v) is 7.90. The summed E-state index contributed by atoms with van der Waals surface area (Å²) >= 11 is 0. The van der Waals surface area contributed by atoms with E-state index in [1.807, 2.05) is 32.0 Å². The van der Waals surface area contributed by atoms with E-state index in [1.54, 1.807) is 18.3 Å². The van der Waals surface area contributed by atoms with Crippen LogP contribution >= 0.6 is 0 Å². The molecule has 1 atom stereocenters. The first-order valence-electron chi connectivity index (χ1n) is 7.90. The number of fused-ring (bicyclic) bond motifs is 1. The molecule has 2 heterocycles. The Labute approximate surface area is 140 Å². The average Bonchev–Trinajstić information content (AvgIpc) is 2.94. The summed E-state index contributed by atoms with van der Waals surface area (Å²) in [5.41, 5.74) is 3.15. The fourth-order valence-electron chi connectivity index (χ4n) is 2.69. The van der Waals surface area contributed by atoms with Gasteiger partial charge in [0.2, 0.25) is 11.8 Å². The van der Waals surface area contributed by atoms with Crippen LogP contribution in [0.1, 0.15) is 41.4 Å². The van der Waals surface area contributed by atoms with Gasteiger partial charge >= 0.3 is 0 Å². The molecule has 6 heteroatoms. The summed E-state index contributed by atoms with van der Waals surface area (Å²) in [5, 5.41) is 5.75. The van der Waals surface area contributed by atoms with Crippen LogP contribution in [0.15, 0.2) is 36.5 Å². The molecule has 1 aliphatic rings. The zero-order chi connectivity index (χ0) is 17.1. The summed E-state index contributed by atoms with van der Waals surface area (Å²) < 4.78 is 5.40.